The van der Waals surface area contributed by atoms with E-state index in [1.165, 1.54) is 30.2 Å². The van der Waals surface area contributed by atoms with Crippen molar-refractivity contribution in [2.24, 2.45) is 5.92 Å². The van der Waals surface area contributed by atoms with E-state index in [0.717, 1.165) is 5.56 Å². The Morgan fingerprint density at radius 3 is 2.53 bits per heavy atom. The van der Waals surface area contributed by atoms with Gasteiger partial charge in [0.05, 0.1) is 24.8 Å². The lowest BCUT2D eigenvalue weighted by Gasteiger charge is -2.25. The molecule has 2 aromatic rings. The third kappa shape index (κ3) is 4.67. The maximum atomic E-state index is 14.7. The Labute approximate surface area is 187 Å². The van der Waals surface area contributed by atoms with Crippen LogP contribution in [0.15, 0.2) is 48.0 Å². The highest BCUT2D eigenvalue weighted by atomic mass is 19.1. The Morgan fingerprint density at radius 1 is 1.19 bits per heavy atom. The Morgan fingerprint density at radius 2 is 1.91 bits per heavy atom. The van der Waals surface area contributed by atoms with Crippen molar-refractivity contribution in [3.05, 3.63) is 70.5 Å². The number of aliphatic hydroxyl groups is 1. The van der Waals surface area contributed by atoms with Gasteiger partial charge in [0.2, 0.25) is 0 Å². The number of amides is 1. The van der Waals surface area contributed by atoms with E-state index in [2.05, 4.69) is 0 Å². The molecule has 0 bridgehead atoms. The average molecular weight is 441 g/mol. The average Bonchev–Trinajstić information content (AvgIpc) is 3.01. The van der Waals surface area contributed by atoms with Crippen LogP contribution in [-0.4, -0.2) is 48.6 Å². The zero-order chi connectivity index (χ0) is 23.4. The molecule has 0 aliphatic carbocycles. The summed E-state index contributed by atoms with van der Waals surface area (Å²) < 4.78 is 25.5. The fourth-order valence-electron chi connectivity index (χ4n) is 3.69. The largest absolute Gasteiger partial charge is 0.507 e. The molecular formula is C25H28FNO5. The monoisotopic (exact) mass is 441 g/mol. The molecule has 3 rings (SSSR count). The number of aryl methyl sites for hydroxylation is 1. The second kappa shape index (κ2) is 9.96. The fraction of sp³-hybridized carbons (Fsp3) is 0.360. The second-order valence-corrected chi connectivity index (χ2v) is 8.19. The number of rotatable bonds is 8. The molecule has 0 radical (unpaired) electrons. The van der Waals surface area contributed by atoms with Crippen LogP contribution in [0.5, 0.6) is 5.75 Å². The van der Waals surface area contributed by atoms with E-state index in [-0.39, 0.29) is 30.0 Å². The number of hydrogen-bond acceptors (Lipinski definition) is 5. The molecule has 1 fully saturated rings. The first kappa shape index (κ1) is 23.5. The number of ether oxygens (including phenoxy) is 2. The molecule has 1 N–H and O–H groups in total. The van der Waals surface area contributed by atoms with Crippen molar-refractivity contribution in [2.45, 2.75) is 26.8 Å². The van der Waals surface area contributed by atoms with Gasteiger partial charge < -0.3 is 19.5 Å². The summed E-state index contributed by atoms with van der Waals surface area (Å²) in [5.41, 5.74) is 1.11. The minimum absolute atomic E-state index is 0.0812. The molecule has 6 nitrogen and oxygen atoms in total. The van der Waals surface area contributed by atoms with Crippen LogP contribution < -0.4 is 4.74 Å². The number of Topliss-reactive ketones (excluding diaryl/α,β-unsaturated/α-hetero) is 1. The lowest BCUT2D eigenvalue weighted by molar-refractivity contribution is -0.140. The van der Waals surface area contributed by atoms with Crippen molar-refractivity contribution in [3.8, 4) is 5.75 Å². The fourth-order valence-corrected chi connectivity index (χ4v) is 3.69. The molecule has 1 aliphatic rings. The molecule has 1 unspecified atom stereocenters. The summed E-state index contributed by atoms with van der Waals surface area (Å²) in [4.78, 5) is 26.9. The van der Waals surface area contributed by atoms with Crippen LogP contribution in [0.1, 0.15) is 36.6 Å². The standard InChI is InChI=1S/C25H28FNO5/c1-15(2)14-32-20-10-9-17(13-16(20)3)23(28)21-22(18-7-5-6-8-19(18)26)27(11-12-31-4)25(30)24(21)29/h5-10,13,15,22,28H,11-12,14H2,1-4H3/b23-21+. The van der Waals surface area contributed by atoms with E-state index in [4.69, 9.17) is 9.47 Å². The lowest BCUT2D eigenvalue weighted by atomic mass is 9.94. The van der Waals surface area contributed by atoms with Crippen molar-refractivity contribution in [3.63, 3.8) is 0 Å². The number of likely N-dealkylation sites (tertiary alicyclic amines) is 1. The van der Waals surface area contributed by atoms with E-state index in [1.807, 2.05) is 20.8 Å². The smallest absolute Gasteiger partial charge is 0.295 e. The summed E-state index contributed by atoms with van der Waals surface area (Å²) in [6, 6.07) is 9.89. The Bertz CT molecular complexity index is 1050. The van der Waals surface area contributed by atoms with Gasteiger partial charge in [-0.05, 0) is 42.7 Å². The molecular weight excluding hydrogens is 413 g/mol. The SMILES string of the molecule is COCCN1C(=O)C(=O)/C(=C(/O)c2ccc(OCC(C)C)c(C)c2)C1c1ccccc1F. The van der Waals surface area contributed by atoms with Gasteiger partial charge in [0.1, 0.15) is 17.3 Å². The van der Waals surface area contributed by atoms with Crippen LogP contribution in [0.4, 0.5) is 4.39 Å². The number of hydrogen-bond donors (Lipinski definition) is 1. The van der Waals surface area contributed by atoms with Crippen LogP contribution in [-0.2, 0) is 14.3 Å². The van der Waals surface area contributed by atoms with Gasteiger partial charge in [0.25, 0.3) is 11.7 Å². The maximum Gasteiger partial charge on any atom is 0.295 e. The molecule has 32 heavy (non-hydrogen) atoms. The van der Waals surface area contributed by atoms with E-state index >= 15 is 0 Å². The van der Waals surface area contributed by atoms with Gasteiger partial charge in [0.15, 0.2) is 0 Å². The normalized spacial score (nSPS) is 17.9. The first-order valence-corrected chi connectivity index (χ1v) is 10.5. The van der Waals surface area contributed by atoms with Gasteiger partial charge >= 0.3 is 0 Å². The van der Waals surface area contributed by atoms with Crippen molar-refractivity contribution >= 4 is 17.4 Å². The molecule has 0 spiro atoms. The predicted octanol–water partition coefficient (Wildman–Crippen LogP) is 4.24. The van der Waals surface area contributed by atoms with Gasteiger partial charge in [-0.1, -0.05) is 32.0 Å². The van der Waals surface area contributed by atoms with Crippen molar-refractivity contribution < 1.29 is 28.6 Å². The number of aliphatic hydroxyl groups excluding tert-OH is 1. The number of carbonyl (C=O) groups excluding carboxylic acids is 2. The zero-order valence-electron chi connectivity index (χ0n) is 18.7. The molecule has 170 valence electrons. The maximum absolute atomic E-state index is 14.7. The number of halogens is 1. The van der Waals surface area contributed by atoms with Gasteiger partial charge in [-0.3, -0.25) is 9.59 Å². The highest BCUT2D eigenvalue weighted by Gasteiger charge is 2.46. The van der Waals surface area contributed by atoms with E-state index < -0.39 is 23.5 Å². The molecule has 7 heteroatoms. The summed E-state index contributed by atoms with van der Waals surface area (Å²) in [6.07, 6.45) is 0. The molecule has 1 atom stereocenters. The molecule has 1 saturated heterocycles. The van der Waals surface area contributed by atoms with Gasteiger partial charge in [-0.2, -0.15) is 0 Å². The van der Waals surface area contributed by atoms with Crippen LogP contribution in [0.25, 0.3) is 5.76 Å². The van der Waals surface area contributed by atoms with Crippen LogP contribution >= 0.6 is 0 Å². The van der Waals surface area contributed by atoms with E-state index in [9.17, 15) is 19.1 Å². The molecule has 1 heterocycles. The molecule has 0 saturated carbocycles. The van der Waals surface area contributed by atoms with Crippen molar-refractivity contribution in [1.82, 2.24) is 4.90 Å². The van der Waals surface area contributed by atoms with Crippen molar-refractivity contribution in [1.29, 1.82) is 0 Å². The summed E-state index contributed by atoms with van der Waals surface area (Å²) >= 11 is 0. The molecule has 0 aromatic heterocycles. The van der Waals surface area contributed by atoms with Crippen LogP contribution in [0.2, 0.25) is 0 Å². The third-order valence-electron chi connectivity index (χ3n) is 5.30. The predicted molar refractivity (Wildman–Crippen MR) is 119 cm³/mol. The number of ketones is 1. The Hall–Kier alpha value is -3.19. The van der Waals surface area contributed by atoms with E-state index in [0.29, 0.717) is 23.8 Å². The van der Waals surface area contributed by atoms with Gasteiger partial charge in [0, 0.05) is 24.8 Å². The second-order valence-electron chi connectivity index (χ2n) is 8.19. The molecule has 2 aromatic carbocycles. The van der Waals surface area contributed by atoms with Crippen LogP contribution in [0.3, 0.4) is 0 Å². The van der Waals surface area contributed by atoms with Crippen molar-refractivity contribution in [2.75, 3.05) is 26.9 Å². The lowest BCUT2D eigenvalue weighted by Crippen LogP contribution is -2.33. The number of methoxy groups -OCH3 is 1. The summed E-state index contributed by atoms with van der Waals surface area (Å²) in [5.74, 6) is -1.56. The highest BCUT2D eigenvalue weighted by molar-refractivity contribution is 6.46. The number of carbonyl (C=O) groups is 2. The first-order chi connectivity index (χ1) is 15.3. The third-order valence-corrected chi connectivity index (χ3v) is 5.30. The Kier molecular flexibility index (Phi) is 7.30. The van der Waals surface area contributed by atoms with Gasteiger partial charge in [-0.15, -0.1) is 0 Å². The zero-order valence-corrected chi connectivity index (χ0v) is 18.7. The topological polar surface area (TPSA) is 76.1 Å². The van der Waals surface area contributed by atoms with E-state index in [1.54, 1.807) is 24.3 Å². The molecule has 1 aliphatic heterocycles. The Balaban J connectivity index is 2.09. The minimum Gasteiger partial charge on any atom is -0.507 e. The quantitative estimate of drug-likeness (QED) is 0.377. The highest BCUT2D eigenvalue weighted by Crippen LogP contribution is 2.40. The number of nitrogens with zero attached hydrogens (tertiary/aromatic N) is 1. The van der Waals surface area contributed by atoms with Crippen LogP contribution in [0, 0.1) is 18.7 Å². The first-order valence-electron chi connectivity index (χ1n) is 10.5. The molecule has 1 amide bonds. The van der Waals surface area contributed by atoms with Gasteiger partial charge in [-0.25, -0.2) is 4.39 Å². The summed E-state index contributed by atoms with van der Waals surface area (Å²) in [7, 11) is 1.47. The summed E-state index contributed by atoms with van der Waals surface area (Å²) in [5, 5.41) is 11.1. The minimum atomic E-state index is -1.05. The number of benzene rings is 2. The summed E-state index contributed by atoms with van der Waals surface area (Å²) in [6.45, 7) is 6.71.